The minimum absolute atomic E-state index is 0.866. The molecular formula is C8H22O2Si2. The van der Waals surface area contributed by atoms with E-state index < -0.39 is 18.1 Å². The fraction of sp³-hybridized carbons (Fsp3) is 1.00. The first-order valence-corrected chi connectivity index (χ1v) is 9.52. The summed E-state index contributed by atoms with van der Waals surface area (Å²) >= 11 is 0. The Bertz CT molecular complexity index is 101. The summed E-state index contributed by atoms with van der Waals surface area (Å²) in [5.41, 5.74) is 1.29. The van der Waals surface area contributed by atoms with E-state index in [-0.39, 0.29) is 0 Å². The van der Waals surface area contributed by atoms with Gasteiger partial charge >= 0.3 is 0 Å². The van der Waals surface area contributed by atoms with Crippen LogP contribution in [0.5, 0.6) is 0 Å². The molecule has 74 valence electrons. The van der Waals surface area contributed by atoms with E-state index in [9.17, 15) is 0 Å². The van der Waals surface area contributed by atoms with Gasteiger partial charge in [0, 0.05) is 13.2 Å². The lowest BCUT2D eigenvalue weighted by Gasteiger charge is -2.16. The molecule has 0 fully saturated rings. The fourth-order valence-electron chi connectivity index (χ4n) is 1.31. The van der Waals surface area contributed by atoms with Gasteiger partial charge in [0.1, 0.15) is 0 Å². The Morgan fingerprint density at radius 3 is 2.00 bits per heavy atom. The Balaban J connectivity index is 3.53. The third kappa shape index (κ3) is 5.94. The van der Waals surface area contributed by atoms with E-state index in [1.807, 2.05) is 0 Å². The van der Waals surface area contributed by atoms with Crippen molar-refractivity contribution in [2.24, 2.45) is 0 Å². The quantitative estimate of drug-likeness (QED) is 0.590. The molecule has 0 radical (unpaired) electrons. The average molecular weight is 206 g/mol. The van der Waals surface area contributed by atoms with Crippen LogP contribution in [0.3, 0.4) is 0 Å². The zero-order chi connectivity index (χ0) is 9.40. The van der Waals surface area contributed by atoms with Gasteiger partial charge in [-0.25, -0.2) is 0 Å². The van der Waals surface area contributed by atoms with Crippen LogP contribution < -0.4 is 0 Å². The maximum Gasteiger partial charge on any atom is 0.176 e. The van der Waals surface area contributed by atoms with Crippen molar-refractivity contribution in [2.75, 3.05) is 13.2 Å². The predicted octanol–water partition coefficient (Wildman–Crippen LogP) is 1.70. The topological polar surface area (TPSA) is 18.5 Å². The van der Waals surface area contributed by atoms with Crippen LogP contribution in [0, 0.1) is 0 Å². The molecule has 0 heterocycles. The molecule has 2 unspecified atom stereocenters. The SMILES string of the molecule is CCO[SiH](C)C[SiH](CC)OCC. The molecule has 0 amide bonds. The molecule has 0 aromatic heterocycles. The van der Waals surface area contributed by atoms with Crippen LogP contribution in [0.2, 0.25) is 18.3 Å². The molecule has 0 aliphatic rings. The summed E-state index contributed by atoms with van der Waals surface area (Å²) < 4.78 is 11.3. The highest BCUT2D eigenvalue weighted by Gasteiger charge is 2.14. The lowest BCUT2D eigenvalue weighted by atomic mass is 10.9. The minimum atomic E-state index is -0.873. The summed E-state index contributed by atoms with van der Waals surface area (Å²) in [6.07, 6.45) is 0. The lowest BCUT2D eigenvalue weighted by molar-refractivity contribution is 0.332. The number of rotatable bonds is 7. The highest BCUT2D eigenvalue weighted by Crippen LogP contribution is 2.05. The third-order valence-electron chi connectivity index (χ3n) is 1.90. The molecule has 2 atom stereocenters. The Morgan fingerprint density at radius 1 is 1.00 bits per heavy atom. The largest absolute Gasteiger partial charge is 0.421 e. The molecule has 12 heavy (non-hydrogen) atoms. The molecule has 4 heteroatoms. The van der Waals surface area contributed by atoms with Crippen molar-refractivity contribution >= 4 is 18.1 Å². The van der Waals surface area contributed by atoms with Crippen LogP contribution in [0.4, 0.5) is 0 Å². The summed E-state index contributed by atoms with van der Waals surface area (Å²) in [5.74, 6) is 0. The van der Waals surface area contributed by atoms with Crippen molar-refractivity contribution in [2.45, 2.75) is 39.0 Å². The summed E-state index contributed by atoms with van der Waals surface area (Å²) in [7, 11) is -1.74. The average Bonchev–Trinajstić information content (AvgIpc) is 2.04. The van der Waals surface area contributed by atoms with E-state index in [2.05, 4.69) is 27.3 Å². The first-order chi connectivity index (χ1) is 5.74. The molecular weight excluding hydrogens is 184 g/mol. The summed E-state index contributed by atoms with van der Waals surface area (Å²) in [5, 5.41) is 0. The molecule has 0 spiro atoms. The van der Waals surface area contributed by atoms with Crippen LogP contribution in [0.15, 0.2) is 0 Å². The van der Waals surface area contributed by atoms with Crippen molar-refractivity contribution in [1.29, 1.82) is 0 Å². The van der Waals surface area contributed by atoms with Gasteiger partial charge in [-0.1, -0.05) is 6.92 Å². The molecule has 0 bridgehead atoms. The van der Waals surface area contributed by atoms with Crippen molar-refractivity contribution < 1.29 is 8.85 Å². The normalized spacial score (nSPS) is 16.0. The van der Waals surface area contributed by atoms with Crippen molar-refractivity contribution in [3.8, 4) is 0 Å². The van der Waals surface area contributed by atoms with E-state index in [1.165, 1.54) is 11.7 Å². The number of hydrogen-bond acceptors (Lipinski definition) is 2. The second kappa shape index (κ2) is 7.98. The van der Waals surface area contributed by atoms with E-state index in [4.69, 9.17) is 8.85 Å². The smallest absolute Gasteiger partial charge is 0.176 e. The second-order valence-electron chi connectivity index (χ2n) is 2.99. The molecule has 0 aromatic carbocycles. The molecule has 2 nitrogen and oxygen atoms in total. The monoisotopic (exact) mass is 206 g/mol. The Morgan fingerprint density at radius 2 is 1.58 bits per heavy atom. The molecule has 0 saturated carbocycles. The lowest BCUT2D eigenvalue weighted by Crippen LogP contribution is -2.26. The highest BCUT2D eigenvalue weighted by atomic mass is 28.4. The van der Waals surface area contributed by atoms with Gasteiger partial charge in [-0.05, 0) is 32.1 Å². The maximum atomic E-state index is 5.70. The van der Waals surface area contributed by atoms with Gasteiger partial charge in [0.25, 0.3) is 0 Å². The van der Waals surface area contributed by atoms with Crippen LogP contribution in [-0.4, -0.2) is 31.3 Å². The first-order valence-electron chi connectivity index (χ1n) is 4.97. The van der Waals surface area contributed by atoms with E-state index in [0.717, 1.165) is 13.2 Å². The van der Waals surface area contributed by atoms with Crippen LogP contribution in [0.25, 0.3) is 0 Å². The molecule has 0 saturated heterocycles. The van der Waals surface area contributed by atoms with Crippen LogP contribution >= 0.6 is 0 Å². The number of hydrogen-bond donors (Lipinski definition) is 0. The van der Waals surface area contributed by atoms with Crippen LogP contribution in [-0.2, 0) is 8.85 Å². The van der Waals surface area contributed by atoms with Crippen molar-refractivity contribution in [1.82, 2.24) is 0 Å². The standard InChI is InChI=1S/C8H22O2Si2/c1-5-9-11(4)8-12(7-3)10-6-2/h11-12H,5-8H2,1-4H3. The molecule has 0 aliphatic heterocycles. The highest BCUT2D eigenvalue weighted by molar-refractivity contribution is 6.70. The van der Waals surface area contributed by atoms with Gasteiger partial charge in [-0.2, -0.15) is 0 Å². The third-order valence-corrected chi connectivity index (χ3v) is 9.28. The molecule has 0 rings (SSSR count). The summed E-state index contributed by atoms with van der Waals surface area (Å²) in [6, 6.07) is 1.25. The predicted molar refractivity (Wildman–Crippen MR) is 58.7 cm³/mol. The van der Waals surface area contributed by atoms with Crippen LogP contribution in [0.1, 0.15) is 20.8 Å². The Hall–Kier alpha value is 0.354. The van der Waals surface area contributed by atoms with Gasteiger partial charge in [0.05, 0.1) is 0 Å². The first kappa shape index (κ1) is 12.4. The van der Waals surface area contributed by atoms with Gasteiger partial charge in [0.2, 0.25) is 0 Å². The van der Waals surface area contributed by atoms with Crippen molar-refractivity contribution in [3.63, 3.8) is 0 Å². The summed E-state index contributed by atoms with van der Waals surface area (Å²) in [4.78, 5) is 0. The van der Waals surface area contributed by atoms with Gasteiger partial charge in [-0.3, -0.25) is 0 Å². The zero-order valence-corrected chi connectivity index (χ0v) is 11.1. The summed E-state index contributed by atoms with van der Waals surface area (Å²) in [6.45, 7) is 10.4. The van der Waals surface area contributed by atoms with E-state index >= 15 is 0 Å². The van der Waals surface area contributed by atoms with Gasteiger partial charge < -0.3 is 8.85 Å². The zero-order valence-electron chi connectivity index (χ0n) is 8.80. The molecule has 0 aliphatic carbocycles. The Labute approximate surface area is 79.7 Å². The van der Waals surface area contributed by atoms with Gasteiger partial charge in [-0.15, -0.1) is 0 Å². The van der Waals surface area contributed by atoms with Gasteiger partial charge in [0.15, 0.2) is 18.1 Å². The fourth-order valence-corrected chi connectivity index (χ4v) is 7.97. The van der Waals surface area contributed by atoms with Crippen molar-refractivity contribution in [3.05, 3.63) is 0 Å². The second-order valence-corrected chi connectivity index (χ2v) is 9.22. The minimum Gasteiger partial charge on any atom is -0.421 e. The molecule has 0 aromatic rings. The van der Waals surface area contributed by atoms with E-state index in [0.29, 0.717) is 0 Å². The molecule has 0 N–H and O–H groups in total. The Kier molecular flexibility index (Phi) is 8.21. The maximum absolute atomic E-state index is 5.70. The van der Waals surface area contributed by atoms with E-state index in [1.54, 1.807) is 0 Å².